The number of amides is 7. The van der Waals surface area contributed by atoms with Gasteiger partial charge in [0.1, 0.15) is 29.9 Å². The molecule has 0 fully saturated rings. The fourth-order valence-electron chi connectivity index (χ4n) is 4.94. The Kier molecular flexibility index (Phi) is 19.8. The van der Waals surface area contributed by atoms with Crippen molar-refractivity contribution in [3.63, 3.8) is 0 Å². The minimum Gasteiger partial charge on any atom is -0.410 e. The van der Waals surface area contributed by atoms with Crippen LogP contribution in [-0.2, 0) is 35.2 Å². The lowest BCUT2D eigenvalue weighted by Gasteiger charge is -2.24. The van der Waals surface area contributed by atoms with Crippen LogP contribution in [0.25, 0.3) is 0 Å². The van der Waals surface area contributed by atoms with E-state index in [1.165, 1.54) is 57.0 Å². The third kappa shape index (κ3) is 16.7. The van der Waals surface area contributed by atoms with Crippen LogP contribution in [0.15, 0.2) is 54.6 Å². The van der Waals surface area contributed by atoms with Crippen molar-refractivity contribution >= 4 is 59.9 Å². The number of ether oxygens (including phenoxy) is 1. The van der Waals surface area contributed by atoms with Crippen LogP contribution in [-0.4, -0.2) is 114 Å². The zero-order chi connectivity index (χ0) is 41.8. The van der Waals surface area contributed by atoms with Gasteiger partial charge in [-0.15, -0.1) is 0 Å². The molecule has 20 heteroatoms. The number of benzene rings is 2. The van der Waals surface area contributed by atoms with Crippen molar-refractivity contribution in [3.05, 3.63) is 70.3 Å². The van der Waals surface area contributed by atoms with Crippen molar-refractivity contribution in [2.24, 2.45) is 5.73 Å². The molecule has 2 rings (SSSR count). The predicted octanol–water partition coefficient (Wildman–Crippen LogP) is -0.0732. The SMILES string of the molecule is CC(=O)NC(CS)C(=O)NC(C)C(=O)NC(C)C(=O)NC(CCCCNC(=O)C(N)Cc1ccccc1)C(=O)NCCN(C)C(=O)Oc1ccc([N+](=O)[O-])cc1. The highest BCUT2D eigenvalue weighted by Gasteiger charge is 2.27. The van der Waals surface area contributed by atoms with Crippen molar-refractivity contribution in [2.75, 3.05) is 32.4 Å². The number of likely N-dealkylation sites (N-methyl/N-ethyl adjacent to an activating group) is 1. The Balaban J connectivity index is 1.97. The van der Waals surface area contributed by atoms with E-state index in [1.807, 2.05) is 30.3 Å². The van der Waals surface area contributed by atoms with Crippen LogP contribution < -0.4 is 42.4 Å². The molecule has 19 nitrogen and oxygen atoms in total. The summed E-state index contributed by atoms with van der Waals surface area (Å²) in [6, 6.07) is 9.20. The zero-order valence-electron chi connectivity index (χ0n) is 31.7. The maximum absolute atomic E-state index is 13.3. The van der Waals surface area contributed by atoms with E-state index in [4.69, 9.17) is 10.5 Å². The van der Waals surface area contributed by atoms with E-state index in [0.29, 0.717) is 19.3 Å². The summed E-state index contributed by atoms with van der Waals surface area (Å²) in [5.74, 6) is -3.36. The quantitative estimate of drug-likeness (QED) is 0.0338. The van der Waals surface area contributed by atoms with Gasteiger partial charge < -0.3 is 47.3 Å². The molecule has 0 heterocycles. The number of nitrogens with one attached hydrogen (secondary N) is 6. The number of non-ortho nitro benzene ring substituents is 1. The second-order valence-corrected chi connectivity index (χ2v) is 13.2. The zero-order valence-corrected chi connectivity index (χ0v) is 32.6. The molecule has 0 radical (unpaired) electrons. The second-order valence-electron chi connectivity index (χ2n) is 12.9. The summed E-state index contributed by atoms with van der Waals surface area (Å²) in [5, 5.41) is 26.3. The lowest BCUT2D eigenvalue weighted by Crippen LogP contribution is -2.57. The van der Waals surface area contributed by atoms with Gasteiger partial charge in [-0.25, -0.2) is 4.79 Å². The minimum absolute atomic E-state index is 0.000426. The first-order chi connectivity index (χ1) is 26.5. The number of hydrogen-bond acceptors (Lipinski definition) is 12. The number of carbonyl (C=O) groups excluding carboxylic acids is 7. The molecule has 0 saturated heterocycles. The summed E-state index contributed by atoms with van der Waals surface area (Å²) in [6.45, 7) is 4.24. The fourth-order valence-corrected chi connectivity index (χ4v) is 5.20. The van der Waals surface area contributed by atoms with Crippen LogP contribution in [0.4, 0.5) is 10.5 Å². The highest BCUT2D eigenvalue weighted by atomic mass is 32.1. The summed E-state index contributed by atoms with van der Waals surface area (Å²) in [5.41, 5.74) is 6.80. The number of thiol groups is 1. The van der Waals surface area contributed by atoms with Gasteiger partial charge in [0.15, 0.2) is 0 Å². The van der Waals surface area contributed by atoms with Gasteiger partial charge in [0.25, 0.3) is 5.69 Å². The van der Waals surface area contributed by atoms with Crippen LogP contribution in [0, 0.1) is 10.1 Å². The maximum atomic E-state index is 13.3. The molecular weight excluding hydrogens is 751 g/mol. The van der Waals surface area contributed by atoms with Crippen LogP contribution >= 0.6 is 12.6 Å². The monoisotopic (exact) mass is 801 g/mol. The maximum Gasteiger partial charge on any atom is 0.415 e. The lowest BCUT2D eigenvalue weighted by molar-refractivity contribution is -0.384. The minimum atomic E-state index is -1.14. The molecule has 0 aromatic heterocycles. The van der Waals surface area contributed by atoms with Gasteiger partial charge in [0.2, 0.25) is 35.4 Å². The largest absolute Gasteiger partial charge is 0.415 e. The van der Waals surface area contributed by atoms with Gasteiger partial charge in [0.05, 0.1) is 11.0 Å². The van der Waals surface area contributed by atoms with E-state index in [1.54, 1.807) is 0 Å². The first-order valence-electron chi connectivity index (χ1n) is 17.8. The summed E-state index contributed by atoms with van der Waals surface area (Å²) >= 11 is 4.04. The molecule has 8 N–H and O–H groups in total. The lowest BCUT2D eigenvalue weighted by atomic mass is 10.1. The molecule has 0 aliphatic heterocycles. The van der Waals surface area contributed by atoms with Gasteiger partial charge >= 0.3 is 6.09 Å². The molecule has 0 spiro atoms. The molecule has 7 amide bonds. The molecule has 0 saturated carbocycles. The first-order valence-corrected chi connectivity index (χ1v) is 18.5. The normalized spacial score (nSPS) is 13.3. The van der Waals surface area contributed by atoms with Crippen molar-refractivity contribution < 1.29 is 43.2 Å². The van der Waals surface area contributed by atoms with Crippen LogP contribution in [0.1, 0.15) is 45.6 Å². The van der Waals surface area contributed by atoms with Crippen molar-refractivity contribution in [1.82, 2.24) is 36.8 Å². The number of nitro benzene ring substituents is 1. The number of carbonyl (C=O) groups is 7. The van der Waals surface area contributed by atoms with E-state index in [-0.39, 0.29) is 49.2 Å². The van der Waals surface area contributed by atoms with Gasteiger partial charge in [0, 0.05) is 51.5 Å². The van der Waals surface area contributed by atoms with Gasteiger partial charge in [-0.1, -0.05) is 30.3 Å². The standard InChI is InChI=1S/C36H51N9O10S/c1-22(41-35(51)30(21-56)42-24(3)46)31(47)40-23(2)32(48)43-29(12-8-9-17-38-33(49)28(37)20-25-10-6-5-7-11-25)34(50)39-18-19-44(4)36(52)55-27-15-13-26(14-16-27)45(53)54/h5-7,10-11,13-16,22-23,28-30,56H,8-9,12,17-21,37H2,1-4H3,(H,38,49)(H,39,50)(H,40,47)(H,41,51)(H,42,46)(H,43,48). The number of nitro groups is 1. The Bertz CT molecular complexity index is 1670. The Labute approximate surface area is 330 Å². The Hall–Kier alpha value is -5.76. The Morgan fingerprint density at radius 2 is 1.38 bits per heavy atom. The molecule has 0 bridgehead atoms. The molecule has 306 valence electrons. The third-order valence-electron chi connectivity index (χ3n) is 8.18. The van der Waals surface area contributed by atoms with Gasteiger partial charge in [-0.05, 0) is 57.2 Å². The second kappa shape index (κ2) is 23.9. The molecule has 2 aromatic carbocycles. The van der Waals surface area contributed by atoms with Gasteiger partial charge in [-0.3, -0.25) is 38.9 Å². The predicted molar refractivity (Wildman–Crippen MR) is 208 cm³/mol. The van der Waals surface area contributed by atoms with Crippen LogP contribution in [0.3, 0.4) is 0 Å². The number of unbranched alkanes of at least 4 members (excludes halogenated alkanes) is 1. The molecule has 5 unspecified atom stereocenters. The van der Waals surface area contributed by atoms with Crippen molar-refractivity contribution in [1.29, 1.82) is 0 Å². The molecule has 56 heavy (non-hydrogen) atoms. The van der Waals surface area contributed by atoms with E-state index >= 15 is 0 Å². The van der Waals surface area contributed by atoms with Crippen LogP contribution in [0.5, 0.6) is 5.75 Å². The number of nitrogens with two attached hydrogens (primary N) is 1. The van der Waals surface area contributed by atoms with E-state index in [9.17, 15) is 43.7 Å². The molecule has 0 aliphatic carbocycles. The van der Waals surface area contributed by atoms with Crippen molar-refractivity contribution in [2.45, 2.75) is 76.7 Å². The smallest absolute Gasteiger partial charge is 0.410 e. The van der Waals surface area contributed by atoms with E-state index < -0.39 is 70.8 Å². The highest BCUT2D eigenvalue weighted by molar-refractivity contribution is 7.80. The average molecular weight is 802 g/mol. The summed E-state index contributed by atoms with van der Waals surface area (Å²) in [6.07, 6.45) is 0.546. The summed E-state index contributed by atoms with van der Waals surface area (Å²) < 4.78 is 5.21. The molecule has 0 aliphatic rings. The molecular formula is C36H51N9O10S. The van der Waals surface area contributed by atoms with E-state index in [2.05, 4.69) is 44.5 Å². The van der Waals surface area contributed by atoms with Gasteiger partial charge in [-0.2, -0.15) is 12.6 Å². The van der Waals surface area contributed by atoms with Crippen LogP contribution in [0.2, 0.25) is 0 Å². The summed E-state index contributed by atoms with van der Waals surface area (Å²) in [7, 11) is 1.42. The average Bonchev–Trinajstić information content (AvgIpc) is 3.16. The number of nitrogens with zero attached hydrogens (tertiary/aromatic N) is 2. The highest BCUT2D eigenvalue weighted by Crippen LogP contribution is 2.18. The molecule has 5 atom stereocenters. The topological polar surface area (TPSA) is 273 Å². The Morgan fingerprint density at radius 3 is 1.96 bits per heavy atom. The summed E-state index contributed by atoms with van der Waals surface area (Å²) in [4.78, 5) is 99.6. The number of hydrogen-bond donors (Lipinski definition) is 8. The Morgan fingerprint density at radius 1 is 0.786 bits per heavy atom. The fraction of sp³-hybridized carbons (Fsp3) is 0.472. The first kappa shape index (κ1) is 46.4. The number of rotatable bonds is 22. The van der Waals surface area contributed by atoms with Crippen molar-refractivity contribution in [3.8, 4) is 5.75 Å². The third-order valence-corrected chi connectivity index (χ3v) is 8.54. The van der Waals surface area contributed by atoms with E-state index in [0.717, 1.165) is 5.56 Å². The molecule has 2 aromatic rings.